The van der Waals surface area contributed by atoms with E-state index in [1.807, 2.05) is 73.6 Å². The Bertz CT molecular complexity index is 1570. The smallest absolute Gasteiger partial charge is 0.272 e. The summed E-state index contributed by atoms with van der Waals surface area (Å²) in [6.45, 7) is 0. The predicted molar refractivity (Wildman–Crippen MR) is 164 cm³/mol. The molecule has 0 unspecified atom stereocenters. The van der Waals surface area contributed by atoms with Crippen LogP contribution in [-0.2, 0) is 4.79 Å². The molecule has 7 heteroatoms. The molecule has 0 heterocycles. The van der Waals surface area contributed by atoms with Crippen molar-refractivity contribution in [1.82, 2.24) is 5.32 Å². The van der Waals surface area contributed by atoms with E-state index in [1.165, 1.54) is 6.08 Å². The molecule has 7 nitrogen and oxygen atoms in total. The molecule has 206 valence electrons. The van der Waals surface area contributed by atoms with Crippen molar-refractivity contribution in [1.29, 1.82) is 0 Å². The van der Waals surface area contributed by atoms with Crippen LogP contribution in [0.15, 0.2) is 115 Å². The highest BCUT2D eigenvalue weighted by Crippen LogP contribution is 2.18. The number of nitrogens with one attached hydrogen (secondary N) is 2. The van der Waals surface area contributed by atoms with Crippen LogP contribution < -0.4 is 20.3 Å². The summed E-state index contributed by atoms with van der Waals surface area (Å²) in [5, 5.41) is 5.55. The fourth-order valence-corrected chi connectivity index (χ4v) is 3.91. The van der Waals surface area contributed by atoms with Gasteiger partial charge in [0.15, 0.2) is 5.78 Å². The number of rotatable bonds is 10. The highest BCUT2D eigenvalue weighted by molar-refractivity contribution is 6.11. The van der Waals surface area contributed by atoms with Crippen LogP contribution in [0.4, 0.5) is 11.4 Å². The van der Waals surface area contributed by atoms with Crippen molar-refractivity contribution in [2.24, 2.45) is 0 Å². The monoisotopic (exact) mass is 545 g/mol. The maximum absolute atomic E-state index is 13.3. The van der Waals surface area contributed by atoms with Gasteiger partial charge < -0.3 is 20.3 Å². The summed E-state index contributed by atoms with van der Waals surface area (Å²) < 4.78 is 5.22. The fourth-order valence-electron chi connectivity index (χ4n) is 3.91. The number of nitrogens with zero attached hydrogens (tertiary/aromatic N) is 1. The van der Waals surface area contributed by atoms with Gasteiger partial charge in [0, 0.05) is 36.6 Å². The Morgan fingerprint density at radius 3 is 2.12 bits per heavy atom. The molecule has 0 aliphatic heterocycles. The van der Waals surface area contributed by atoms with Crippen molar-refractivity contribution in [2.45, 2.75) is 0 Å². The second kappa shape index (κ2) is 13.6. The lowest BCUT2D eigenvalue weighted by molar-refractivity contribution is -0.113. The van der Waals surface area contributed by atoms with Crippen molar-refractivity contribution < 1.29 is 19.1 Å². The molecule has 0 fully saturated rings. The Morgan fingerprint density at radius 1 is 0.756 bits per heavy atom. The molecule has 0 saturated heterocycles. The molecule has 0 bridgehead atoms. The van der Waals surface area contributed by atoms with Gasteiger partial charge in [-0.15, -0.1) is 0 Å². The van der Waals surface area contributed by atoms with Gasteiger partial charge in [0.25, 0.3) is 11.8 Å². The van der Waals surface area contributed by atoms with Crippen LogP contribution in [-0.4, -0.2) is 38.8 Å². The Balaban J connectivity index is 1.49. The lowest BCUT2D eigenvalue weighted by atomic mass is 10.1. The number of carbonyl (C=O) groups excluding carboxylic acids is 3. The number of ketones is 1. The molecule has 0 spiro atoms. The van der Waals surface area contributed by atoms with Crippen molar-refractivity contribution in [3.05, 3.63) is 137 Å². The maximum atomic E-state index is 13.3. The minimum absolute atomic E-state index is 0.0813. The molecule has 41 heavy (non-hydrogen) atoms. The average Bonchev–Trinajstić information content (AvgIpc) is 3.00. The number of hydrogen-bond donors (Lipinski definition) is 2. The number of carbonyl (C=O) groups is 3. The average molecular weight is 546 g/mol. The lowest BCUT2D eigenvalue weighted by Gasteiger charge is -2.13. The molecule has 0 atom stereocenters. The molecule has 2 amide bonds. The van der Waals surface area contributed by atoms with E-state index in [1.54, 1.807) is 67.8 Å². The maximum Gasteiger partial charge on any atom is 0.272 e. The molecule has 4 rings (SSSR count). The first kappa shape index (κ1) is 28.6. The number of hydrogen-bond acceptors (Lipinski definition) is 5. The van der Waals surface area contributed by atoms with Gasteiger partial charge in [-0.05, 0) is 83.9 Å². The van der Waals surface area contributed by atoms with E-state index in [0.29, 0.717) is 22.6 Å². The SMILES string of the molecule is COc1cccc(/C=C/C(=O)c2ccc(NC(=O)/C(=C/c3ccc(N(C)C)cc3)NC(=O)c3ccccc3)cc2)c1. The molecule has 0 aliphatic carbocycles. The second-order valence-corrected chi connectivity index (χ2v) is 9.37. The van der Waals surface area contributed by atoms with E-state index in [2.05, 4.69) is 10.6 Å². The quantitative estimate of drug-likeness (QED) is 0.187. The third kappa shape index (κ3) is 8.03. The van der Waals surface area contributed by atoms with Crippen molar-refractivity contribution in [3.8, 4) is 5.75 Å². The third-order valence-electron chi connectivity index (χ3n) is 6.20. The summed E-state index contributed by atoms with van der Waals surface area (Å²) in [5.41, 5.74) is 4.06. The van der Waals surface area contributed by atoms with Crippen LogP contribution >= 0.6 is 0 Å². The zero-order valence-corrected chi connectivity index (χ0v) is 23.1. The molecule has 0 saturated carbocycles. The summed E-state index contributed by atoms with van der Waals surface area (Å²) >= 11 is 0. The molecular formula is C34H31N3O4. The van der Waals surface area contributed by atoms with Gasteiger partial charge in [-0.3, -0.25) is 14.4 Å². The number of allylic oxidation sites excluding steroid dienone is 1. The van der Waals surface area contributed by atoms with Gasteiger partial charge in [0.2, 0.25) is 0 Å². The van der Waals surface area contributed by atoms with E-state index in [-0.39, 0.29) is 11.5 Å². The van der Waals surface area contributed by atoms with Gasteiger partial charge in [-0.1, -0.05) is 48.5 Å². The second-order valence-electron chi connectivity index (χ2n) is 9.37. The van der Waals surface area contributed by atoms with E-state index in [0.717, 1.165) is 16.8 Å². The Kier molecular flexibility index (Phi) is 9.46. The number of methoxy groups -OCH3 is 1. The molecule has 0 radical (unpaired) electrons. The van der Waals surface area contributed by atoms with Gasteiger partial charge in [-0.25, -0.2) is 0 Å². The van der Waals surface area contributed by atoms with Gasteiger partial charge >= 0.3 is 0 Å². The number of anilines is 2. The first-order valence-corrected chi connectivity index (χ1v) is 13.0. The first-order valence-electron chi connectivity index (χ1n) is 13.0. The highest BCUT2D eigenvalue weighted by atomic mass is 16.5. The van der Waals surface area contributed by atoms with E-state index in [9.17, 15) is 14.4 Å². The molecule has 0 aromatic heterocycles. The van der Waals surface area contributed by atoms with E-state index in [4.69, 9.17) is 4.74 Å². The lowest BCUT2D eigenvalue weighted by Crippen LogP contribution is -2.30. The molecule has 4 aromatic rings. The largest absolute Gasteiger partial charge is 0.497 e. The molecule has 0 aliphatic rings. The summed E-state index contributed by atoms with van der Waals surface area (Å²) in [5.74, 6) is -0.370. The summed E-state index contributed by atoms with van der Waals surface area (Å²) in [6.07, 6.45) is 4.83. The Morgan fingerprint density at radius 2 is 1.46 bits per heavy atom. The van der Waals surface area contributed by atoms with Gasteiger partial charge in [0.1, 0.15) is 11.4 Å². The molecule has 4 aromatic carbocycles. The third-order valence-corrected chi connectivity index (χ3v) is 6.20. The van der Waals surface area contributed by atoms with Crippen molar-refractivity contribution >= 4 is 41.1 Å². The normalized spacial score (nSPS) is 11.1. The number of ether oxygens (including phenoxy) is 1. The standard InChI is InChI=1S/C34H31N3O4/c1-37(2)29-19-12-25(13-20-29)23-31(36-33(39)27-9-5-4-6-10-27)34(40)35-28-17-15-26(16-18-28)32(38)21-14-24-8-7-11-30(22-24)41-3/h4-23H,1-3H3,(H,35,40)(H,36,39)/b21-14+,31-23-. The van der Waals surface area contributed by atoms with Crippen molar-refractivity contribution in [3.63, 3.8) is 0 Å². The van der Waals surface area contributed by atoms with Crippen LogP contribution in [0.1, 0.15) is 31.8 Å². The zero-order valence-electron chi connectivity index (χ0n) is 23.1. The van der Waals surface area contributed by atoms with Crippen LogP contribution in [0.5, 0.6) is 5.75 Å². The summed E-state index contributed by atoms with van der Waals surface area (Å²) in [7, 11) is 5.48. The van der Waals surface area contributed by atoms with Crippen molar-refractivity contribution in [2.75, 3.05) is 31.4 Å². The number of amides is 2. The van der Waals surface area contributed by atoms with Crippen LogP contribution in [0.3, 0.4) is 0 Å². The van der Waals surface area contributed by atoms with E-state index >= 15 is 0 Å². The van der Waals surface area contributed by atoms with Crippen LogP contribution in [0, 0.1) is 0 Å². The zero-order chi connectivity index (χ0) is 29.2. The highest BCUT2D eigenvalue weighted by Gasteiger charge is 2.15. The minimum Gasteiger partial charge on any atom is -0.497 e. The fraction of sp³-hybridized carbons (Fsp3) is 0.0882. The Hall–Kier alpha value is -5.43. The van der Waals surface area contributed by atoms with Gasteiger partial charge in [-0.2, -0.15) is 0 Å². The number of benzene rings is 4. The minimum atomic E-state index is -0.497. The topological polar surface area (TPSA) is 87.7 Å². The molecular weight excluding hydrogens is 514 g/mol. The predicted octanol–water partition coefficient (Wildman–Crippen LogP) is 6.07. The van der Waals surface area contributed by atoms with E-state index < -0.39 is 11.8 Å². The van der Waals surface area contributed by atoms with Crippen LogP contribution in [0.25, 0.3) is 12.2 Å². The van der Waals surface area contributed by atoms with Gasteiger partial charge in [0.05, 0.1) is 7.11 Å². The Labute approximate surface area is 239 Å². The molecule has 2 N–H and O–H groups in total. The summed E-state index contributed by atoms with van der Waals surface area (Å²) in [6, 6.07) is 30.2. The van der Waals surface area contributed by atoms with Crippen LogP contribution in [0.2, 0.25) is 0 Å². The summed E-state index contributed by atoms with van der Waals surface area (Å²) in [4.78, 5) is 40.8. The first-order chi connectivity index (χ1) is 19.8.